The average molecular weight is 325 g/mol. The Labute approximate surface area is 133 Å². The summed E-state index contributed by atoms with van der Waals surface area (Å²) in [5.41, 5.74) is 0.468. The Balaban J connectivity index is 1.95. The van der Waals surface area contributed by atoms with Crippen molar-refractivity contribution in [1.82, 2.24) is 0 Å². The highest BCUT2D eigenvalue weighted by molar-refractivity contribution is 6.42. The number of hydrogen-bond acceptors (Lipinski definition) is 3. The predicted octanol–water partition coefficient (Wildman–Crippen LogP) is 4.65. The van der Waals surface area contributed by atoms with E-state index in [2.05, 4.69) is 0 Å². The summed E-state index contributed by atoms with van der Waals surface area (Å²) in [6.07, 6.45) is 0. The van der Waals surface area contributed by atoms with E-state index in [4.69, 9.17) is 32.7 Å². The van der Waals surface area contributed by atoms with Crippen LogP contribution >= 0.6 is 23.2 Å². The van der Waals surface area contributed by atoms with Crippen molar-refractivity contribution in [2.75, 3.05) is 13.2 Å². The van der Waals surface area contributed by atoms with Crippen LogP contribution in [0.25, 0.3) is 0 Å². The van der Waals surface area contributed by atoms with E-state index < -0.39 is 0 Å². The van der Waals surface area contributed by atoms with Gasteiger partial charge in [-0.2, -0.15) is 0 Å². The van der Waals surface area contributed by atoms with E-state index in [-0.39, 0.29) is 12.4 Å². The van der Waals surface area contributed by atoms with Gasteiger partial charge in [-0.25, -0.2) is 0 Å². The van der Waals surface area contributed by atoms with Gasteiger partial charge in [0.2, 0.25) is 0 Å². The number of ketones is 1. The average Bonchev–Trinajstić information content (AvgIpc) is 2.49. The van der Waals surface area contributed by atoms with E-state index in [1.54, 1.807) is 36.4 Å². The smallest absolute Gasteiger partial charge is 0.200 e. The minimum atomic E-state index is -0.164. The Hall–Kier alpha value is -1.71. The Morgan fingerprint density at radius 1 is 0.952 bits per heavy atom. The second-order valence-corrected chi connectivity index (χ2v) is 5.06. The number of carbonyl (C=O) groups excluding carboxylic acids is 1. The molecule has 21 heavy (non-hydrogen) atoms. The molecule has 3 nitrogen and oxygen atoms in total. The summed E-state index contributed by atoms with van der Waals surface area (Å²) in [6.45, 7) is 2.46. The summed E-state index contributed by atoms with van der Waals surface area (Å²) in [5.74, 6) is 1.20. The lowest BCUT2D eigenvalue weighted by atomic mass is 10.1. The summed E-state index contributed by atoms with van der Waals surface area (Å²) in [5, 5.41) is 0.768. The highest BCUT2D eigenvalue weighted by Gasteiger charge is 2.09. The van der Waals surface area contributed by atoms with Gasteiger partial charge in [0.05, 0.1) is 16.7 Å². The number of rotatable bonds is 6. The van der Waals surface area contributed by atoms with Crippen molar-refractivity contribution in [2.24, 2.45) is 0 Å². The van der Waals surface area contributed by atoms with E-state index in [0.29, 0.717) is 28.0 Å². The topological polar surface area (TPSA) is 35.5 Å². The number of Topliss-reactive ketones (excluding diaryl/α,β-unsaturated/α-hetero) is 1. The van der Waals surface area contributed by atoms with E-state index in [1.807, 2.05) is 6.92 Å². The summed E-state index contributed by atoms with van der Waals surface area (Å²) < 4.78 is 10.8. The van der Waals surface area contributed by atoms with Crippen LogP contribution in [0.4, 0.5) is 0 Å². The van der Waals surface area contributed by atoms with Crippen LogP contribution in [-0.2, 0) is 0 Å². The minimum absolute atomic E-state index is 0.0635. The first-order valence-corrected chi connectivity index (χ1v) is 7.19. The molecule has 0 aliphatic carbocycles. The van der Waals surface area contributed by atoms with Gasteiger partial charge in [-0.05, 0) is 49.4 Å². The third-order valence-electron chi connectivity index (χ3n) is 2.75. The molecule has 0 unspecified atom stereocenters. The molecule has 0 saturated carbocycles. The van der Waals surface area contributed by atoms with Crippen LogP contribution in [0.15, 0.2) is 42.5 Å². The first-order valence-electron chi connectivity index (χ1n) is 6.44. The van der Waals surface area contributed by atoms with Gasteiger partial charge in [-0.3, -0.25) is 4.79 Å². The summed E-state index contributed by atoms with van der Waals surface area (Å²) in [7, 11) is 0. The first-order chi connectivity index (χ1) is 10.1. The lowest BCUT2D eigenvalue weighted by Crippen LogP contribution is -2.11. The molecule has 0 fully saturated rings. The molecule has 2 aromatic rings. The van der Waals surface area contributed by atoms with Crippen molar-refractivity contribution in [2.45, 2.75) is 6.92 Å². The maximum absolute atomic E-state index is 12.0. The van der Waals surface area contributed by atoms with Crippen molar-refractivity contribution in [3.05, 3.63) is 58.1 Å². The highest BCUT2D eigenvalue weighted by atomic mass is 35.5. The lowest BCUT2D eigenvalue weighted by molar-refractivity contribution is 0.0921. The van der Waals surface area contributed by atoms with Crippen molar-refractivity contribution < 1.29 is 14.3 Å². The van der Waals surface area contributed by atoms with Crippen LogP contribution in [0.1, 0.15) is 17.3 Å². The quantitative estimate of drug-likeness (QED) is 0.725. The van der Waals surface area contributed by atoms with Crippen LogP contribution < -0.4 is 9.47 Å². The van der Waals surface area contributed by atoms with Gasteiger partial charge < -0.3 is 9.47 Å². The van der Waals surface area contributed by atoms with Crippen LogP contribution in [0, 0.1) is 0 Å². The molecule has 110 valence electrons. The third kappa shape index (κ3) is 4.38. The fourth-order valence-electron chi connectivity index (χ4n) is 1.70. The zero-order chi connectivity index (χ0) is 15.2. The molecular weight excluding hydrogens is 311 g/mol. The SMILES string of the molecule is CCOc1ccc(OCC(=O)c2ccc(Cl)c(Cl)c2)cc1. The summed E-state index contributed by atoms with van der Waals surface area (Å²) in [4.78, 5) is 12.0. The van der Waals surface area contributed by atoms with E-state index in [9.17, 15) is 4.79 Å². The summed E-state index contributed by atoms with van der Waals surface area (Å²) >= 11 is 11.7. The van der Waals surface area contributed by atoms with Crippen molar-refractivity contribution >= 4 is 29.0 Å². The Morgan fingerprint density at radius 2 is 1.57 bits per heavy atom. The fraction of sp³-hybridized carbons (Fsp3) is 0.188. The minimum Gasteiger partial charge on any atom is -0.494 e. The molecule has 2 rings (SSSR count). The van der Waals surface area contributed by atoms with Crippen molar-refractivity contribution in [3.63, 3.8) is 0 Å². The monoisotopic (exact) mass is 324 g/mol. The number of halogens is 2. The molecule has 0 N–H and O–H groups in total. The predicted molar refractivity (Wildman–Crippen MR) is 83.9 cm³/mol. The van der Waals surface area contributed by atoms with Gasteiger partial charge in [0.1, 0.15) is 11.5 Å². The molecule has 0 aromatic heterocycles. The molecule has 0 radical (unpaired) electrons. The Kier molecular flexibility index (Phi) is 5.48. The number of carbonyl (C=O) groups is 1. The normalized spacial score (nSPS) is 10.2. The largest absolute Gasteiger partial charge is 0.494 e. The van der Waals surface area contributed by atoms with Gasteiger partial charge >= 0.3 is 0 Å². The molecule has 0 bridgehead atoms. The van der Waals surface area contributed by atoms with Gasteiger partial charge in [0.25, 0.3) is 0 Å². The first kappa shape index (κ1) is 15.7. The lowest BCUT2D eigenvalue weighted by Gasteiger charge is -2.07. The zero-order valence-electron chi connectivity index (χ0n) is 11.4. The number of hydrogen-bond donors (Lipinski definition) is 0. The maximum atomic E-state index is 12.0. The van der Waals surface area contributed by atoms with Crippen molar-refractivity contribution in [1.29, 1.82) is 0 Å². The fourth-order valence-corrected chi connectivity index (χ4v) is 2.00. The van der Waals surface area contributed by atoms with Gasteiger partial charge in [0.15, 0.2) is 12.4 Å². The van der Waals surface area contributed by atoms with Crippen LogP contribution in [0.5, 0.6) is 11.5 Å². The Morgan fingerprint density at radius 3 is 2.14 bits per heavy atom. The second-order valence-electron chi connectivity index (χ2n) is 4.25. The van der Waals surface area contributed by atoms with E-state index in [1.165, 1.54) is 6.07 Å². The molecule has 5 heteroatoms. The zero-order valence-corrected chi connectivity index (χ0v) is 12.9. The molecule has 0 heterocycles. The Bertz CT molecular complexity index is 624. The molecule has 0 saturated heterocycles. The molecular formula is C16H14Cl2O3. The number of ether oxygens (including phenoxy) is 2. The third-order valence-corrected chi connectivity index (χ3v) is 3.49. The van der Waals surface area contributed by atoms with Crippen molar-refractivity contribution in [3.8, 4) is 11.5 Å². The van der Waals surface area contributed by atoms with Crippen LogP contribution in [0.3, 0.4) is 0 Å². The standard InChI is InChI=1S/C16H14Cl2O3/c1-2-20-12-4-6-13(7-5-12)21-10-16(19)11-3-8-14(17)15(18)9-11/h3-9H,2,10H2,1H3. The van der Waals surface area contributed by atoms with Gasteiger partial charge in [-0.1, -0.05) is 23.2 Å². The maximum Gasteiger partial charge on any atom is 0.200 e. The van der Waals surface area contributed by atoms with Gasteiger partial charge in [-0.15, -0.1) is 0 Å². The second kappa shape index (κ2) is 7.34. The molecule has 0 aliphatic rings. The molecule has 0 atom stereocenters. The highest BCUT2D eigenvalue weighted by Crippen LogP contribution is 2.23. The summed E-state index contributed by atoms with van der Waals surface area (Å²) in [6, 6.07) is 11.9. The molecule has 2 aromatic carbocycles. The molecule has 0 spiro atoms. The van der Waals surface area contributed by atoms with Gasteiger partial charge in [0, 0.05) is 5.56 Å². The molecule has 0 aliphatic heterocycles. The number of benzene rings is 2. The van der Waals surface area contributed by atoms with Crippen LogP contribution in [-0.4, -0.2) is 19.0 Å². The van der Waals surface area contributed by atoms with E-state index in [0.717, 1.165) is 5.75 Å². The molecule has 0 amide bonds. The van der Waals surface area contributed by atoms with Crippen LogP contribution in [0.2, 0.25) is 10.0 Å². The van der Waals surface area contributed by atoms with E-state index >= 15 is 0 Å².